The molecule has 0 fully saturated rings. The highest BCUT2D eigenvalue weighted by atomic mass is 35.5. The minimum Gasteiger partial charge on any atom is -0.236 e. The Bertz CT molecular complexity index is 1080. The monoisotopic (exact) mass is 371 g/mol. The van der Waals surface area contributed by atoms with Crippen LogP contribution < -0.4 is 0 Å². The highest BCUT2D eigenvalue weighted by Gasteiger charge is 2.10. The molecule has 4 aromatic rings. The fraction of sp³-hybridized carbons (Fsp3) is 0.0435. The van der Waals surface area contributed by atoms with Crippen LogP contribution in [0.1, 0.15) is 11.1 Å². The summed E-state index contributed by atoms with van der Waals surface area (Å²) in [7, 11) is 0. The molecule has 0 saturated heterocycles. The zero-order valence-corrected chi connectivity index (χ0v) is 15.6. The van der Waals surface area contributed by atoms with Crippen molar-refractivity contribution in [3.8, 4) is 16.9 Å². The summed E-state index contributed by atoms with van der Waals surface area (Å²) in [6.07, 6.45) is 1.78. The Labute approximate surface area is 163 Å². The second-order valence-electron chi connectivity index (χ2n) is 6.28. The first kappa shape index (κ1) is 17.3. The van der Waals surface area contributed by atoms with Crippen molar-refractivity contribution in [2.45, 2.75) is 6.92 Å². The van der Waals surface area contributed by atoms with Crippen molar-refractivity contribution in [2.24, 2.45) is 4.99 Å². The number of hydrogen-bond donors (Lipinski definition) is 0. The molecule has 0 saturated carbocycles. The molecular weight excluding hydrogens is 354 g/mol. The number of hydrogen-bond acceptors (Lipinski definition) is 2. The standard InChI is InChI=1S/C23H18ClN3/c1-17-11-13-18(14-12-17)22-15-23(25-16-19-7-5-6-10-21(19)24)27(26-22)20-8-3-2-4-9-20/h2-16H,1H3. The summed E-state index contributed by atoms with van der Waals surface area (Å²) in [5, 5.41) is 5.46. The first-order chi connectivity index (χ1) is 13.2. The van der Waals surface area contributed by atoms with Crippen molar-refractivity contribution in [3.05, 3.63) is 101 Å². The molecule has 27 heavy (non-hydrogen) atoms. The van der Waals surface area contributed by atoms with E-state index in [2.05, 4.69) is 36.2 Å². The van der Waals surface area contributed by atoms with E-state index in [4.69, 9.17) is 16.7 Å². The Morgan fingerprint density at radius 1 is 0.889 bits per heavy atom. The van der Waals surface area contributed by atoms with Gasteiger partial charge in [-0.05, 0) is 25.1 Å². The van der Waals surface area contributed by atoms with Gasteiger partial charge in [0.15, 0.2) is 5.82 Å². The highest BCUT2D eigenvalue weighted by molar-refractivity contribution is 6.33. The Morgan fingerprint density at radius 2 is 1.59 bits per heavy atom. The third-order valence-corrected chi connectivity index (χ3v) is 4.62. The molecule has 3 aromatic carbocycles. The Balaban J connectivity index is 1.79. The lowest BCUT2D eigenvalue weighted by molar-refractivity contribution is 0.885. The molecule has 0 atom stereocenters. The molecule has 0 spiro atoms. The minimum atomic E-state index is 0.672. The zero-order chi connectivity index (χ0) is 18.6. The van der Waals surface area contributed by atoms with E-state index >= 15 is 0 Å². The van der Waals surface area contributed by atoms with Gasteiger partial charge in [0.1, 0.15) is 0 Å². The van der Waals surface area contributed by atoms with E-state index in [0.29, 0.717) is 5.02 Å². The van der Waals surface area contributed by atoms with Crippen LogP contribution in [0.5, 0.6) is 0 Å². The van der Waals surface area contributed by atoms with Crippen molar-refractivity contribution >= 4 is 23.6 Å². The molecule has 132 valence electrons. The molecule has 1 aromatic heterocycles. The molecule has 3 nitrogen and oxygen atoms in total. The fourth-order valence-corrected chi connectivity index (χ4v) is 2.99. The second-order valence-corrected chi connectivity index (χ2v) is 6.69. The smallest absolute Gasteiger partial charge is 0.156 e. The SMILES string of the molecule is Cc1ccc(-c2cc(N=Cc3ccccc3Cl)n(-c3ccccc3)n2)cc1. The van der Waals surface area contributed by atoms with Crippen LogP contribution in [-0.4, -0.2) is 16.0 Å². The predicted octanol–water partition coefficient (Wildman–Crippen LogP) is 6.25. The first-order valence-corrected chi connectivity index (χ1v) is 9.09. The largest absolute Gasteiger partial charge is 0.236 e. The molecule has 0 amide bonds. The Hall–Kier alpha value is -3.17. The number of benzene rings is 3. The lowest BCUT2D eigenvalue weighted by atomic mass is 10.1. The molecule has 0 unspecified atom stereocenters. The highest BCUT2D eigenvalue weighted by Crippen LogP contribution is 2.27. The van der Waals surface area contributed by atoms with Crippen LogP contribution in [0.25, 0.3) is 16.9 Å². The van der Waals surface area contributed by atoms with Gasteiger partial charge in [-0.25, -0.2) is 9.67 Å². The maximum absolute atomic E-state index is 6.25. The van der Waals surface area contributed by atoms with E-state index in [1.54, 1.807) is 6.21 Å². The number of halogens is 1. The van der Waals surface area contributed by atoms with Crippen LogP contribution in [0.2, 0.25) is 5.02 Å². The average molecular weight is 372 g/mol. The Morgan fingerprint density at radius 3 is 2.33 bits per heavy atom. The van der Waals surface area contributed by atoms with Crippen LogP contribution >= 0.6 is 11.6 Å². The van der Waals surface area contributed by atoms with Crippen LogP contribution in [0.3, 0.4) is 0 Å². The molecule has 1 heterocycles. The number of para-hydroxylation sites is 1. The molecule has 0 bridgehead atoms. The summed E-state index contributed by atoms with van der Waals surface area (Å²) in [5.41, 5.74) is 4.99. The molecule has 4 rings (SSSR count). The molecular formula is C23H18ClN3. The van der Waals surface area contributed by atoms with E-state index < -0.39 is 0 Å². The minimum absolute atomic E-state index is 0.672. The quantitative estimate of drug-likeness (QED) is 0.390. The maximum Gasteiger partial charge on any atom is 0.156 e. The van der Waals surface area contributed by atoms with E-state index in [0.717, 1.165) is 28.3 Å². The number of nitrogens with zero attached hydrogens (tertiary/aromatic N) is 3. The van der Waals surface area contributed by atoms with Gasteiger partial charge in [0.25, 0.3) is 0 Å². The summed E-state index contributed by atoms with van der Waals surface area (Å²) in [4.78, 5) is 4.67. The van der Waals surface area contributed by atoms with Gasteiger partial charge in [-0.3, -0.25) is 0 Å². The van der Waals surface area contributed by atoms with Gasteiger partial charge in [0, 0.05) is 28.4 Å². The number of aryl methyl sites for hydroxylation is 1. The number of aliphatic imine (C=N–C) groups is 1. The van der Waals surface area contributed by atoms with Crippen molar-refractivity contribution < 1.29 is 0 Å². The normalized spacial score (nSPS) is 11.2. The summed E-state index contributed by atoms with van der Waals surface area (Å²) in [6.45, 7) is 2.08. The van der Waals surface area contributed by atoms with Gasteiger partial charge >= 0.3 is 0 Å². The molecule has 4 heteroatoms. The van der Waals surface area contributed by atoms with Gasteiger partial charge < -0.3 is 0 Å². The third-order valence-electron chi connectivity index (χ3n) is 4.28. The van der Waals surface area contributed by atoms with E-state index in [-0.39, 0.29) is 0 Å². The summed E-state index contributed by atoms with van der Waals surface area (Å²) >= 11 is 6.25. The zero-order valence-electron chi connectivity index (χ0n) is 14.9. The van der Waals surface area contributed by atoms with Crippen LogP contribution in [-0.2, 0) is 0 Å². The van der Waals surface area contributed by atoms with Gasteiger partial charge in [-0.15, -0.1) is 0 Å². The molecule has 0 radical (unpaired) electrons. The van der Waals surface area contributed by atoms with Crippen LogP contribution in [0.15, 0.2) is 89.9 Å². The van der Waals surface area contributed by atoms with Gasteiger partial charge in [-0.1, -0.05) is 77.8 Å². The fourth-order valence-electron chi connectivity index (χ4n) is 2.80. The van der Waals surface area contributed by atoms with Crippen molar-refractivity contribution in [2.75, 3.05) is 0 Å². The van der Waals surface area contributed by atoms with Crippen LogP contribution in [0.4, 0.5) is 5.82 Å². The van der Waals surface area contributed by atoms with Crippen molar-refractivity contribution in [1.82, 2.24) is 9.78 Å². The van der Waals surface area contributed by atoms with Gasteiger partial charge in [0.05, 0.1) is 11.4 Å². The molecule has 0 N–H and O–H groups in total. The summed E-state index contributed by atoms with van der Waals surface area (Å²) < 4.78 is 1.85. The lowest BCUT2D eigenvalue weighted by Crippen LogP contribution is -1.96. The molecule has 0 aliphatic heterocycles. The summed E-state index contributed by atoms with van der Waals surface area (Å²) in [6, 6.07) is 28.0. The molecule has 0 aliphatic carbocycles. The van der Waals surface area contributed by atoms with Crippen molar-refractivity contribution in [3.63, 3.8) is 0 Å². The average Bonchev–Trinajstić information content (AvgIpc) is 3.13. The van der Waals surface area contributed by atoms with Gasteiger partial charge in [-0.2, -0.15) is 5.10 Å². The summed E-state index contributed by atoms with van der Waals surface area (Å²) in [5.74, 6) is 0.747. The van der Waals surface area contributed by atoms with Gasteiger partial charge in [0.2, 0.25) is 0 Å². The maximum atomic E-state index is 6.25. The van der Waals surface area contributed by atoms with Crippen LogP contribution in [0, 0.1) is 6.92 Å². The van der Waals surface area contributed by atoms with E-state index in [1.165, 1.54) is 5.56 Å². The Kier molecular flexibility index (Phi) is 4.86. The number of rotatable bonds is 4. The van der Waals surface area contributed by atoms with E-state index in [1.807, 2.05) is 65.3 Å². The van der Waals surface area contributed by atoms with E-state index in [9.17, 15) is 0 Å². The number of aromatic nitrogens is 2. The predicted molar refractivity (Wildman–Crippen MR) is 112 cm³/mol. The lowest BCUT2D eigenvalue weighted by Gasteiger charge is -2.03. The molecule has 0 aliphatic rings. The second kappa shape index (κ2) is 7.60. The van der Waals surface area contributed by atoms with Crippen molar-refractivity contribution in [1.29, 1.82) is 0 Å². The third kappa shape index (κ3) is 3.83. The topological polar surface area (TPSA) is 30.2 Å². The first-order valence-electron chi connectivity index (χ1n) is 8.72.